The average molecular weight is 207 g/mol. The van der Waals surface area contributed by atoms with Gasteiger partial charge in [-0.2, -0.15) is 0 Å². The van der Waals surface area contributed by atoms with Crippen LogP contribution in [0.25, 0.3) is 0 Å². The van der Waals surface area contributed by atoms with Gasteiger partial charge in [0.15, 0.2) is 0 Å². The Labute approximate surface area is 90.2 Å². The topological polar surface area (TPSA) is 52.3 Å². The Balaban J connectivity index is 2.65. The first-order chi connectivity index (χ1) is 6.91. The number of carbonyl (C=O) groups is 1. The van der Waals surface area contributed by atoms with Gasteiger partial charge in [0.2, 0.25) is 0 Å². The summed E-state index contributed by atoms with van der Waals surface area (Å²) in [6, 6.07) is 9.58. The van der Waals surface area contributed by atoms with Crippen molar-refractivity contribution in [3.05, 3.63) is 35.9 Å². The van der Waals surface area contributed by atoms with Gasteiger partial charge in [-0.25, -0.2) is 0 Å². The molecule has 0 amide bonds. The van der Waals surface area contributed by atoms with Crippen molar-refractivity contribution in [2.45, 2.75) is 32.4 Å². The molecule has 3 heteroatoms. The molecule has 82 valence electrons. The average Bonchev–Trinajstić information content (AvgIpc) is 2.17. The van der Waals surface area contributed by atoms with Crippen LogP contribution in [0.3, 0.4) is 0 Å². The molecule has 1 unspecified atom stereocenters. The smallest absolute Gasteiger partial charge is 0.326 e. The van der Waals surface area contributed by atoms with Crippen LogP contribution in [-0.4, -0.2) is 11.5 Å². The minimum atomic E-state index is -0.941. The molecule has 0 aliphatic carbocycles. The van der Waals surface area contributed by atoms with Crippen molar-refractivity contribution in [2.24, 2.45) is 5.73 Å². The third-order valence-electron chi connectivity index (χ3n) is 2.08. The van der Waals surface area contributed by atoms with Crippen molar-refractivity contribution in [3.8, 4) is 0 Å². The van der Waals surface area contributed by atoms with E-state index in [4.69, 9.17) is 10.5 Å². The predicted octanol–water partition coefficient (Wildman–Crippen LogP) is 2.03. The SMILES string of the molecule is CC(OC(=O)C(C)(C)N)c1ccccc1. The Bertz CT molecular complexity index is 327. The molecule has 0 saturated carbocycles. The van der Waals surface area contributed by atoms with E-state index in [1.165, 1.54) is 0 Å². The molecule has 0 fully saturated rings. The fraction of sp³-hybridized carbons (Fsp3) is 0.417. The monoisotopic (exact) mass is 207 g/mol. The van der Waals surface area contributed by atoms with Gasteiger partial charge in [-0.1, -0.05) is 30.3 Å². The van der Waals surface area contributed by atoms with E-state index in [2.05, 4.69) is 0 Å². The number of esters is 1. The summed E-state index contributed by atoms with van der Waals surface area (Å²) in [4.78, 5) is 11.5. The van der Waals surface area contributed by atoms with Crippen LogP contribution in [0.2, 0.25) is 0 Å². The van der Waals surface area contributed by atoms with Gasteiger partial charge in [-0.15, -0.1) is 0 Å². The first-order valence-electron chi connectivity index (χ1n) is 4.96. The largest absolute Gasteiger partial charge is 0.456 e. The van der Waals surface area contributed by atoms with Crippen molar-refractivity contribution < 1.29 is 9.53 Å². The molecule has 0 aromatic heterocycles. The number of hydrogen-bond donors (Lipinski definition) is 1. The summed E-state index contributed by atoms with van der Waals surface area (Å²) in [5, 5.41) is 0. The molecule has 0 bridgehead atoms. The van der Waals surface area contributed by atoms with E-state index >= 15 is 0 Å². The van der Waals surface area contributed by atoms with E-state index in [1.54, 1.807) is 13.8 Å². The number of carbonyl (C=O) groups excluding carboxylic acids is 1. The Morgan fingerprint density at radius 3 is 2.33 bits per heavy atom. The van der Waals surface area contributed by atoms with Gasteiger partial charge in [0.05, 0.1) is 0 Å². The van der Waals surface area contributed by atoms with E-state index in [9.17, 15) is 4.79 Å². The maximum absolute atomic E-state index is 11.5. The van der Waals surface area contributed by atoms with Crippen molar-refractivity contribution in [3.63, 3.8) is 0 Å². The third kappa shape index (κ3) is 3.36. The molecule has 3 nitrogen and oxygen atoms in total. The fourth-order valence-electron chi connectivity index (χ4n) is 1.10. The second-order valence-electron chi connectivity index (χ2n) is 4.18. The first kappa shape index (κ1) is 11.7. The lowest BCUT2D eigenvalue weighted by atomic mass is 10.1. The normalized spacial score (nSPS) is 13.3. The summed E-state index contributed by atoms with van der Waals surface area (Å²) in [7, 11) is 0. The number of ether oxygens (including phenoxy) is 1. The number of hydrogen-bond acceptors (Lipinski definition) is 3. The lowest BCUT2D eigenvalue weighted by Crippen LogP contribution is -2.43. The summed E-state index contributed by atoms with van der Waals surface area (Å²) >= 11 is 0. The van der Waals surface area contributed by atoms with Gasteiger partial charge < -0.3 is 10.5 Å². The molecule has 2 N–H and O–H groups in total. The lowest BCUT2D eigenvalue weighted by Gasteiger charge is -2.20. The van der Waals surface area contributed by atoms with Crippen LogP contribution in [0.5, 0.6) is 0 Å². The van der Waals surface area contributed by atoms with E-state index in [0.717, 1.165) is 5.56 Å². The summed E-state index contributed by atoms with van der Waals surface area (Å²) in [6.45, 7) is 5.10. The van der Waals surface area contributed by atoms with E-state index < -0.39 is 5.54 Å². The maximum Gasteiger partial charge on any atom is 0.326 e. The van der Waals surface area contributed by atoms with Gasteiger partial charge in [0, 0.05) is 0 Å². The summed E-state index contributed by atoms with van der Waals surface area (Å²) in [5.41, 5.74) is 5.66. The molecule has 0 radical (unpaired) electrons. The minimum Gasteiger partial charge on any atom is -0.456 e. The molecule has 1 atom stereocenters. The molecule has 0 aliphatic heterocycles. The summed E-state index contributed by atoms with van der Waals surface area (Å²) in [5.74, 6) is -0.390. The van der Waals surface area contributed by atoms with Crippen molar-refractivity contribution >= 4 is 5.97 Å². The Hall–Kier alpha value is -1.35. The zero-order valence-corrected chi connectivity index (χ0v) is 9.36. The van der Waals surface area contributed by atoms with Crippen molar-refractivity contribution in [1.29, 1.82) is 0 Å². The van der Waals surface area contributed by atoms with E-state index in [-0.39, 0.29) is 12.1 Å². The van der Waals surface area contributed by atoms with Crippen LogP contribution in [0.4, 0.5) is 0 Å². The molecule has 1 aromatic rings. The lowest BCUT2D eigenvalue weighted by molar-refractivity contribution is -0.153. The third-order valence-corrected chi connectivity index (χ3v) is 2.08. The van der Waals surface area contributed by atoms with E-state index in [0.29, 0.717) is 0 Å². The highest BCUT2D eigenvalue weighted by molar-refractivity contribution is 5.79. The van der Waals surface area contributed by atoms with E-state index in [1.807, 2.05) is 37.3 Å². The molecule has 0 aliphatic rings. The molecular weight excluding hydrogens is 190 g/mol. The van der Waals surface area contributed by atoms with Crippen molar-refractivity contribution in [2.75, 3.05) is 0 Å². The second-order valence-corrected chi connectivity index (χ2v) is 4.18. The van der Waals surface area contributed by atoms with Gasteiger partial charge in [-0.05, 0) is 26.3 Å². The molecule has 1 aromatic carbocycles. The van der Waals surface area contributed by atoms with Crippen LogP contribution < -0.4 is 5.73 Å². The van der Waals surface area contributed by atoms with Crippen molar-refractivity contribution in [1.82, 2.24) is 0 Å². The first-order valence-corrected chi connectivity index (χ1v) is 4.96. The van der Waals surface area contributed by atoms with Crippen LogP contribution in [0.15, 0.2) is 30.3 Å². The second kappa shape index (κ2) is 4.45. The molecule has 0 spiro atoms. The quantitative estimate of drug-likeness (QED) is 0.771. The highest BCUT2D eigenvalue weighted by atomic mass is 16.5. The highest BCUT2D eigenvalue weighted by Gasteiger charge is 2.25. The predicted molar refractivity (Wildman–Crippen MR) is 59.2 cm³/mol. The number of nitrogens with two attached hydrogens (primary N) is 1. The van der Waals surface area contributed by atoms with Gasteiger partial charge >= 0.3 is 5.97 Å². The molecule has 0 saturated heterocycles. The highest BCUT2D eigenvalue weighted by Crippen LogP contribution is 2.18. The molecule has 15 heavy (non-hydrogen) atoms. The van der Waals surface area contributed by atoms with Gasteiger partial charge in [-0.3, -0.25) is 4.79 Å². The summed E-state index contributed by atoms with van der Waals surface area (Å²) < 4.78 is 5.24. The van der Waals surface area contributed by atoms with Gasteiger partial charge in [0.25, 0.3) is 0 Å². The maximum atomic E-state index is 11.5. The number of benzene rings is 1. The number of rotatable bonds is 3. The van der Waals surface area contributed by atoms with Crippen LogP contribution in [0.1, 0.15) is 32.4 Å². The Morgan fingerprint density at radius 1 is 1.33 bits per heavy atom. The van der Waals surface area contributed by atoms with Crippen LogP contribution in [0, 0.1) is 0 Å². The summed E-state index contributed by atoms with van der Waals surface area (Å²) in [6.07, 6.45) is -0.262. The Kier molecular flexibility index (Phi) is 3.48. The Morgan fingerprint density at radius 2 is 1.87 bits per heavy atom. The molecule has 0 heterocycles. The fourth-order valence-corrected chi connectivity index (χ4v) is 1.10. The molecule has 1 rings (SSSR count). The van der Waals surface area contributed by atoms with Gasteiger partial charge in [0.1, 0.15) is 11.6 Å². The van der Waals surface area contributed by atoms with Crippen LogP contribution in [-0.2, 0) is 9.53 Å². The molecular formula is C12H17NO2. The standard InChI is InChI=1S/C12H17NO2/c1-9(10-7-5-4-6-8-10)15-11(14)12(2,3)13/h4-9H,13H2,1-3H3. The zero-order valence-electron chi connectivity index (χ0n) is 9.36. The zero-order chi connectivity index (χ0) is 11.5. The minimum absolute atomic E-state index is 0.262. The van der Waals surface area contributed by atoms with Crippen LogP contribution >= 0.6 is 0 Å².